The molecule has 0 atom stereocenters. The number of rotatable bonds is 7. The van der Waals surface area contributed by atoms with Crippen molar-refractivity contribution in [3.63, 3.8) is 0 Å². The average Bonchev–Trinajstić information content (AvgIpc) is 2.37. The van der Waals surface area contributed by atoms with Crippen LogP contribution in [0.3, 0.4) is 0 Å². The number of ether oxygens (including phenoxy) is 1. The number of benzene rings is 1. The van der Waals surface area contributed by atoms with Gasteiger partial charge in [-0.25, -0.2) is 4.39 Å². The van der Waals surface area contributed by atoms with Gasteiger partial charge in [-0.05, 0) is 30.7 Å². The van der Waals surface area contributed by atoms with Crippen molar-refractivity contribution in [1.29, 1.82) is 0 Å². The number of hydrogen-bond acceptors (Lipinski definition) is 3. The highest BCUT2D eigenvalue weighted by molar-refractivity contribution is 5.77. The van der Waals surface area contributed by atoms with Gasteiger partial charge in [0.1, 0.15) is 11.6 Å². The predicted molar refractivity (Wildman–Crippen MR) is 68.2 cm³/mol. The Balaban J connectivity index is 2.11. The zero-order chi connectivity index (χ0) is 14.1. The second-order valence-corrected chi connectivity index (χ2v) is 3.93. The van der Waals surface area contributed by atoms with E-state index in [1.54, 1.807) is 0 Å². The van der Waals surface area contributed by atoms with Gasteiger partial charge in [-0.15, -0.1) is 0 Å². The predicted octanol–water partition coefficient (Wildman–Crippen LogP) is 0.847. The molecule has 2 N–H and O–H groups in total. The molecule has 0 unspecified atom stereocenters. The first-order chi connectivity index (χ1) is 9.08. The van der Waals surface area contributed by atoms with Crippen LogP contribution in [0, 0.1) is 5.82 Å². The molecule has 2 amide bonds. The molecule has 0 aromatic heterocycles. The van der Waals surface area contributed by atoms with Crippen molar-refractivity contribution in [2.75, 3.05) is 19.7 Å². The summed E-state index contributed by atoms with van der Waals surface area (Å²) in [5, 5.41) is 5.27. The normalized spacial score (nSPS) is 9.79. The summed E-state index contributed by atoms with van der Waals surface area (Å²) in [6.45, 7) is 2.31. The fraction of sp³-hybridized carbons (Fsp3) is 0.385. The molecule has 5 nitrogen and oxygen atoms in total. The van der Waals surface area contributed by atoms with Gasteiger partial charge in [0.15, 0.2) is 6.61 Å². The van der Waals surface area contributed by atoms with Crippen LogP contribution in [0.4, 0.5) is 4.39 Å². The minimum absolute atomic E-state index is 0.0917. The molecule has 0 saturated heterocycles. The highest BCUT2D eigenvalue weighted by atomic mass is 19.1. The number of halogens is 1. The number of carbonyl (C=O) groups excluding carboxylic acids is 2. The number of amides is 2. The average molecular weight is 268 g/mol. The molecule has 0 fully saturated rings. The van der Waals surface area contributed by atoms with E-state index < -0.39 is 0 Å². The van der Waals surface area contributed by atoms with Gasteiger partial charge in [0.2, 0.25) is 5.91 Å². The molecule has 0 aliphatic rings. The van der Waals surface area contributed by atoms with Gasteiger partial charge in [-0.3, -0.25) is 9.59 Å². The van der Waals surface area contributed by atoms with Crippen molar-refractivity contribution in [2.45, 2.75) is 13.3 Å². The maximum atomic E-state index is 12.6. The van der Waals surface area contributed by atoms with Gasteiger partial charge in [-0.1, -0.05) is 0 Å². The number of nitrogens with one attached hydrogen (secondary N) is 2. The second kappa shape index (κ2) is 8.07. The fourth-order valence-corrected chi connectivity index (χ4v) is 1.31. The van der Waals surface area contributed by atoms with Crippen LogP contribution in [0.1, 0.15) is 13.3 Å². The third-order valence-electron chi connectivity index (χ3n) is 2.23. The lowest BCUT2D eigenvalue weighted by Gasteiger charge is -2.07. The fourth-order valence-electron chi connectivity index (χ4n) is 1.31. The van der Waals surface area contributed by atoms with Crippen LogP contribution in [-0.2, 0) is 9.59 Å². The molecule has 0 saturated carbocycles. The van der Waals surface area contributed by atoms with E-state index >= 15 is 0 Å². The largest absolute Gasteiger partial charge is 0.484 e. The Labute approximate surface area is 111 Å². The summed E-state index contributed by atoms with van der Waals surface area (Å²) in [7, 11) is 0. The monoisotopic (exact) mass is 268 g/mol. The standard InChI is InChI=1S/C13H17FN2O3/c1-10(17)15-7-2-8-16-13(18)9-19-12-5-3-11(14)4-6-12/h3-6H,2,7-9H2,1H3,(H,15,17)(H,16,18). The van der Waals surface area contributed by atoms with E-state index in [0.29, 0.717) is 25.3 Å². The van der Waals surface area contributed by atoms with Gasteiger partial charge < -0.3 is 15.4 Å². The van der Waals surface area contributed by atoms with E-state index in [2.05, 4.69) is 10.6 Å². The molecule has 104 valence electrons. The van der Waals surface area contributed by atoms with Crippen molar-refractivity contribution in [2.24, 2.45) is 0 Å². The summed E-state index contributed by atoms with van der Waals surface area (Å²) in [6, 6.07) is 5.44. The summed E-state index contributed by atoms with van der Waals surface area (Å²) in [6.07, 6.45) is 0.655. The molecule has 1 aromatic rings. The Morgan fingerprint density at radius 1 is 1.16 bits per heavy atom. The molecule has 0 spiro atoms. The van der Waals surface area contributed by atoms with Crippen LogP contribution in [0.5, 0.6) is 5.75 Å². The van der Waals surface area contributed by atoms with Crippen LogP contribution < -0.4 is 15.4 Å². The first-order valence-corrected chi connectivity index (χ1v) is 5.97. The van der Waals surface area contributed by atoms with Gasteiger partial charge in [0.25, 0.3) is 5.91 Å². The summed E-state index contributed by atoms with van der Waals surface area (Å²) in [5.74, 6) is -0.261. The molecule has 6 heteroatoms. The lowest BCUT2D eigenvalue weighted by molar-refractivity contribution is -0.123. The summed E-state index contributed by atoms with van der Waals surface area (Å²) in [4.78, 5) is 22.0. The molecule has 0 radical (unpaired) electrons. The first-order valence-electron chi connectivity index (χ1n) is 5.97. The lowest BCUT2D eigenvalue weighted by Crippen LogP contribution is -2.32. The Hall–Kier alpha value is -2.11. The van der Waals surface area contributed by atoms with Crippen molar-refractivity contribution in [3.8, 4) is 5.75 Å². The van der Waals surface area contributed by atoms with Crippen LogP contribution >= 0.6 is 0 Å². The smallest absolute Gasteiger partial charge is 0.257 e. The number of carbonyl (C=O) groups is 2. The van der Waals surface area contributed by atoms with Crippen molar-refractivity contribution < 1.29 is 18.7 Å². The zero-order valence-electron chi connectivity index (χ0n) is 10.7. The van der Waals surface area contributed by atoms with E-state index in [-0.39, 0.29) is 24.2 Å². The highest BCUT2D eigenvalue weighted by Gasteiger charge is 2.02. The highest BCUT2D eigenvalue weighted by Crippen LogP contribution is 2.10. The number of hydrogen-bond donors (Lipinski definition) is 2. The summed E-state index contributed by atoms with van der Waals surface area (Å²) in [5.41, 5.74) is 0. The Bertz CT molecular complexity index is 420. The van der Waals surface area contributed by atoms with Gasteiger partial charge in [0, 0.05) is 20.0 Å². The van der Waals surface area contributed by atoms with Crippen LogP contribution in [0.15, 0.2) is 24.3 Å². The van der Waals surface area contributed by atoms with Crippen LogP contribution in [0.2, 0.25) is 0 Å². The maximum Gasteiger partial charge on any atom is 0.257 e. The molecular weight excluding hydrogens is 251 g/mol. The van der Waals surface area contributed by atoms with Crippen molar-refractivity contribution in [3.05, 3.63) is 30.1 Å². The SMILES string of the molecule is CC(=O)NCCCNC(=O)COc1ccc(F)cc1. The molecule has 0 bridgehead atoms. The molecule has 1 aromatic carbocycles. The molecular formula is C13H17FN2O3. The van der Waals surface area contributed by atoms with Crippen LogP contribution in [-0.4, -0.2) is 31.5 Å². The van der Waals surface area contributed by atoms with Crippen LogP contribution in [0.25, 0.3) is 0 Å². The molecule has 0 heterocycles. The second-order valence-electron chi connectivity index (χ2n) is 3.93. The maximum absolute atomic E-state index is 12.6. The molecule has 0 aliphatic carbocycles. The van der Waals surface area contributed by atoms with E-state index in [1.807, 2.05) is 0 Å². The van der Waals surface area contributed by atoms with Gasteiger partial charge >= 0.3 is 0 Å². The minimum atomic E-state index is -0.352. The third kappa shape index (κ3) is 7.03. The van der Waals surface area contributed by atoms with Crippen molar-refractivity contribution >= 4 is 11.8 Å². The topological polar surface area (TPSA) is 67.4 Å². The van der Waals surface area contributed by atoms with E-state index in [9.17, 15) is 14.0 Å². The van der Waals surface area contributed by atoms with E-state index in [0.717, 1.165) is 0 Å². The summed E-state index contributed by atoms with van der Waals surface area (Å²) >= 11 is 0. The van der Waals surface area contributed by atoms with Gasteiger partial charge in [-0.2, -0.15) is 0 Å². The summed E-state index contributed by atoms with van der Waals surface area (Å²) < 4.78 is 17.8. The van der Waals surface area contributed by atoms with E-state index in [1.165, 1.54) is 31.2 Å². The molecule has 19 heavy (non-hydrogen) atoms. The first kappa shape index (κ1) is 14.9. The molecule has 1 rings (SSSR count). The van der Waals surface area contributed by atoms with Gasteiger partial charge in [0.05, 0.1) is 0 Å². The minimum Gasteiger partial charge on any atom is -0.484 e. The lowest BCUT2D eigenvalue weighted by atomic mass is 10.3. The quantitative estimate of drug-likeness (QED) is 0.720. The van der Waals surface area contributed by atoms with E-state index in [4.69, 9.17) is 4.74 Å². The molecule has 0 aliphatic heterocycles. The Morgan fingerprint density at radius 2 is 1.79 bits per heavy atom. The Morgan fingerprint density at radius 3 is 2.42 bits per heavy atom. The third-order valence-corrected chi connectivity index (χ3v) is 2.23. The van der Waals surface area contributed by atoms with Crippen molar-refractivity contribution in [1.82, 2.24) is 10.6 Å². The zero-order valence-corrected chi connectivity index (χ0v) is 10.7. The Kier molecular flexibility index (Phi) is 6.35.